The lowest BCUT2D eigenvalue weighted by atomic mass is 10.1. The van der Waals surface area contributed by atoms with Crippen molar-refractivity contribution >= 4 is 28.9 Å². The van der Waals surface area contributed by atoms with Crippen LogP contribution in [0.5, 0.6) is 0 Å². The largest absolute Gasteiger partial charge is 0.451 e. The molecule has 138 valence electrons. The van der Waals surface area contributed by atoms with Gasteiger partial charge in [0, 0.05) is 11.3 Å². The molecule has 0 saturated heterocycles. The highest BCUT2D eigenvalue weighted by Crippen LogP contribution is 2.28. The van der Waals surface area contributed by atoms with Crippen LogP contribution in [0.25, 0.3) is 11.3 Å². The zero-order chi connectivity index (χ0) is 19.4. The number of hydrogen-bond acceptors (Lipinski definition) is 5. The summed E-state index contributed by atoms with van der Waals surface area (Å²) in [4.78, 5) is 29.5. The third-order valence-corrected chi connectivity index (χ3v) is 5.13. The van der Waals surface area contributed by atoms with Crippen LogP contribution in [-0.2, 0) is 9.53 Å². The summed E-state index contributed by atoms with van der Waals surface area (Å²) in [6.07, 6.45) is 0. The molecule has 0 fully saturated rings. The Morgan fingerprint density at radius 1 is 1.04 bits per heavy atom. The lowest BCUT2D eigenvalue weighted by molar-refractivity contribution is -0.119. The van der Waals surface area contributed by atoms with Gasteiger partial charge in [0.25, 0.3) is 5.91 Å². The summed E-state index contributed by atoms with van der Waals surface area (Å²) >= 11 is 1.26. The number of nitrogens with zero attached hydrogens (tertiary/aromatic N) is 1. The molecule has 6 heteroatoms. The lowest BCUT2D eigenvalue weighted by Gasteiger charge is -2.10. The highest BCUT2D eigenvalue weighted by atomic mass is 32.1. The van der Waals surface area contributed by atoms with Crippen LogP contribution >= 0.6 is 11.3 Å². The molecule has 0 bridgehead atoms. The molecule has 3 aromatic rings. The van der Waals surface area contributed by atoms with Crippen LogP contribution in [-0.4, -0.2) is 23.5 Å². The SMILES string of the molecule is Cc1nc(-c2ccccc2)c(C(=O)OCC(=O)Nc2cccc(C)c2C)s1. The van der Waals surface area contributed by atoms with Crippen LogP contribution in [0.15, 0.2) is 48.5 Å². The van der Waals surface area contributed by atoms with E-state index in [-0.39, 0.29) is 12.5 Å². The normalized spacial score (nSPS) is 10.5. The Morgan fingerprint density at radius 3 is 2.52 bits per heavy atom. The van der Waals surface area contributed by atoms with Crippen LogP contribution in [0.4, 0.5) is 5.69 Å². The summed E-state index contributed by atoms with van der Waals surface area (Å²) in [6.45, 7) is 5.39. The van der Waals surface area contributed by atoms with Crippen LogP contribution in [0.1, 0.15) is 25.8 Å². The maximum absolute atomic E-state index is 12.5. The monoisotopic (exact) mass is 380 g/mol. The number of aryl methyl sites for hydroxylation is 2. The maximum Gasteiger partial charge on any atom is 0.351 e. The van der Waals surface area contributed by atoms with Gasteiger partial charge in [0.2, 0.25) is 0 Å². The Kier molecular flexibility index (Phi) is 5.66. The van der Waals surface area contributed by atoms with Gasteiger partial charge in [-0.25, -0.2) is 9.78 Å². The van der Waals surface area contributed by atoms with E-state index >= 15 is 0 Å². The Bertz CT molecular complexity index is 980. The summed E-state index contributed by atoms with van der Waals surface area (Å²) in [5.41, 5.74) is 4.21. The Morgan fingerprint density at radius 2 is 1.78 bits per heavy atom. The summed E-state index contributed by atoms with van der Waals surface area (Å²) < 4.78 is 5.23. The fourth-order valence-electron chi connectivity index (χ4n) is 2.63. The van der Waals surface area contributed by atoms with Crippen molar-refractivity contribution in [3.05, 3.63) is 69.5 Å². The molecule has 0 spiro atoms. The first-order valence-corrected chi connectivity index (χ1v) is 9.33. The minimum atomic E-state index is -0.546. The molecule has 0 aliphatic rings. The third kappa shape index (κ3) is 4.41. The Balaban J connectivity index is 1.68. The molecule has 27 heavy (non-hydrogen) atoms. The molecular formula is C21H20N2O3S. The van der Waals surface area contributed by atoms with E-state index in [0.717, 1.165) is 27.4 Å². The van der Waals surface area contributed by atoms with Gasteiger partial charge in [-0.05, 0) is 38.0 Å². The fourth-order valence-corrected chi connectivity index (χ4v) is 3.46. The molecule has 0 unspecified atom stereocenters. The summed E-state index contributed by atoms with van der Waals surface area (Å²) in [5.74, 6) is -0.921. The highest BCUT2D eigenvalue weighted by Gasteiger charge is 2.20. The van der Waals surface area contributed by atoms with Gasteiger partial charge in [-0.15, -0.1) is 11.3 Å². The summed E-state index contributed by atoms with van der Waals surface area (Å²) in [7, 11) is 0. The average Bonchev–Trinajstić information content (AvgIpc) is 3.06. The first-order valence-electron chi connectivity index (χ1n) is 8.51. The number of anilines is 1. The second-order valence-electron chi connectivity index (χ2n) is 6.15. The first kappa shape index (κ1) is 18.8. The number of thiazole rings is 1. The Labute approximate surface area is 162 Å². The van der Waals surface area contributed by atoms with E-state index in [1.165, 1.54) is 11.3 Å². The molecule has 1 aromatic heterocycles. The van der Waals surface area contributed by atoms with Crippen molar-refractivity contribution in [1.29, 1.82) is 0 Å². The number of amides is 1. The molecule has 3 rings (SSSR count). The minimum absolute atomic E-state index is 0.350. The van der Waals surface area contributed by atoms with E-state index in [9.17, 15) is 9.59 Å². The molecular weight excluding hydrogens is 360 g/mol. The van der Waals surface area contributed by atoms with Crippen molar-refractivity contribution in [2.75, 3.05) is 11.9 Å². The van der Waals surface area contributed by atoms with E-state index < -0.39 is 5.97 Å². The summed E-state index contributed by atoms with van der Waals surface area (Å²) in [6, 6.07) is 15.1. The molecule has 0 aliphatic carbocycles. The minimum Gasteiger partial charge on any atom is -0.451 e. The molecule has 0 saturated carbocycles. The zero-order valence-electron chi connectivity index (χ0n) is 15.4. The maximum atomic E-state index is 12.5. The molecule has 0 atom stereocenters. The molecule has 0 radical (unpaired) electrons. The van der Waals surface area contributed by atoms with Crippen molar-refractivity contribution in [3.63, 3.8) is 0 Å². The van der Waals surface area contributed by atoms with Crippen LogP contribution in [0.3, 0.4) is 0 Å². The van der Waals surface area contributed by atoms with Crippen LogP contribution in [0.2, 0.25) is 0 Å². The predicted octanol–water partition coefficient (Wildman–Crippen LogP) is 4.53. The van der Waals surface area contributed by atoms with Gasteiger partial charge in [-0.1, -0.05) is 42.5 Å². The van der Waals surface area contributed by atoms with Gasteiger partial charge in [-0.3, -0.25) is 4.79 Å². The number of esters is 1. The molecule has 2 aromatic carbocycles. The number of carbonyl (C=O) groups is 2. The van der Waals surface area contributed by atoms with E-state index in [2.05, 4.69) is 10.3 Å². The van der Waals surface area contributed by atoms with Crippen molar-refractivity contribution < 1.29 is 14.3 Å². The number of nitrogens with one attached hydrogen (secondary N) is 1. The van der Waals surface area contributed by atoms with Crippen molar-refractivity contribution in [1.82, 2.24) is 4.98 Å². The van der Waals surface area contributed by atoms with Crippen LogP contribution in [0, 0.1) is 20.8 Å². The number of rotatable bonds is 5. The number of benzene rings is 2. The fraction of sp³-hybridized carbons (Fsp3) is 0.190. The third-order valence-electron chi connectivity index (χ3n) is 4.18. The molecule has 1 N–H and O–H groups in total. The van der Waals surface area contributed by atoms with E-state index in [1.54, 1.807) is 0 Å². The Hall–Kier alpha value is -2.99. The topological polar surface area (TPSA) is 68.3 Å². The second-order valence-corrected chi connectivity index (χ2v) is 7.35. The average molecular weight is 380 g/mol. The quantitative estimate of drug-likeness (QED) is 0.660. The van der Waals surface area contributed by atoms with E-state index in [4.69, 9.17) is 4.74 Å². The van der Waals surface area contributed by atoms with Gasteiger partial charge in [0.05, 0.1) is 10.7 Å². The molecule has 0 aliphatic heterocycles. The standard InChI is InChI=1S/C21H20N2O3S/c1-13-8-7-11-17(14(13)2)23-18(24)12-26-21(25)20-19(22-15(3)27-20)16-9-5-4-6-10-16/h4-11H,12H2,1-3H3,(H,23,24). The number of hydrogen-bond donors (Lipinski definition) is 1. The van der Waals surface area contributed by atoms with Gasteiger partial charge in [0.1, 0.15) is 4.88 Å². The van der Waals surface area contributed by atoms with Gasteiger partial charge in [-0.2, -0.15) is 0 Å². The molecule has 1 amide bonds. The van der Waals surface area contributed by atoms with Gasteiger partial charge < -0.3 is 10.1 Å². The van der Waals surface area contributed by atoms with Crippen molar-refractivity contribution in [3.8, 4) is 11.3 Å². The van der Waals surface area contributed by atoms with E-state index in [0.29, 0.717) is 10.6 Å². The van der Waals surface area contributed by atoms with Crippen LogP contribution < -0.4 is 5.32 Å². The van der Waals surface area contributed by atoms with E-state index in [1.807, 2.05) is 69.3 Å². The first-order chi connectivity index (χ1) is 13.0. The number of ether oxygens (including phenoxy) is 1. The summed E-state index contributed by atoms with van der Waals surface area (Å²) in [5, 5.41) is 3.55. The number of carbonyl (C=O) groups excluding carboxylic acids is 2. The lowest BCUT2D eigenvalue weighted by Crippen LogP contribution is -2.21. The van der Waals surface area contributed by atoms with Gasteiger partial charge >= 0.3 is 5.97 Å². The second kappa shape index (κ2) is 8.14. The van der Waals surface area contributed by atoms with Crippen molar-refractivity contribution in [2.24, 2.45) is 0 Å². The smallest absolute Gasteiger partial charge is 0.351 e. The predicted molar refractivity (Wildman–Crippen MR) is 107 cm³/mol. The molecule has 5 nitrogen and oxygen atoms in total. The highest BCUT2D eigenvalue weighted by molar-refractivity contribution is 7.14. The molecule has 1 heterocycles. The zero-order valence-corrected chi connectivity index (χ0v) is 16.2. The van der Waals surface area contributed by atoms with Crippen molar-refractivity contribution in [2.45, 2.75) is 20.8 Å². The van der Waals surface area contributed by atoms with Gasteiger partial charge in [0.15, 0.2) is 6.61 Å². The number of aromatic nitrogens is 1.